The number of phenolic OH excluding ortho intramolecular Hbond substituents is 1. The Morgan fingerprint density at radius 1 is 1.04 bits per heavy atom. The topological polar surface area (TPSA) is 158 Å². The number of hydrogen-bond acceptors (Lipinski definition) is 10. The van der Waals surface area contributed by atoms with Gasteiger partial charge in [-0.15, -0.1) is 0 Å². The molecule has 3 fully saturated rings. The van der Waals surface area contributed by atoms with E-state index in [4.69, 9.17) is 11.5 Å². The van der Waals surface area contributed by atoms with Crippen molar-refractivity contribution in [2.45, 2.75) is 63.1 Å². The maximum absolute atomic E-state index is 12.8. The number of aromatic hydroxyl groups is 1. The van der Waals surface area contributed by atoms with Gasteiger partial charge in [0.25, 0.3) is 0 Å². The number of piperazine rings is 1. The van der Waals surface area contributed by atoms with Crippen LogP contribution in [-0.4, -0.2) is 98.6 Å². The number of rotatable bonds is 8. The summed E-state index contributed by atoms with van der Waals surface area (Å²) >= 11 is 0. The Hall–Kier alpha value is -5.07. The van der Waals surface area contributed by atoms with Crippen LogP contribution in [0.15, 0.2) is 78.4 Å². The first-order chi connectivity index (χ1) is 25.2. The van der Waals surface area contributed by atoms with Gasteiger partial charge >= 0.3 is 0 Å². The highest BCUT2D eigenvalue weighted by Gasteiger charge is 2.43. The second kappa shape index (κ2) is 13.8. The monoisotopic (exact) mass is 703 g/mol. The number of carbonyl (C=O) groups excluding carboxylic acids is 2. The number of pyridine rings is 1. The fraction of sp³-hybridized carbons (Fsp3) is 0.425. The van der Waals surface area contributed by atoms with Gasteiger partial charge in [-0.05, 0) is 107 Å². The molecule has 2 atom stereocenters. The van der Waals surface area contributed by atoms with Crippen LogP contribution in [0.1, 0.15) is 56.2 Å². The summed E-state index contributed by atoms with van der Waals surface area (Å²) in [6.07, 6.45) is 8.86. The Morgan fingerprint density at radius 3 is 2.67 bits per heavy atom. The molecule has 0 bridgehead atoms. The third-order valence-corrected chi connectivity index (χ3v) is 11.7. The van der Waals surface area contributed by atoms with Gasteiger partial charge in [0.15, 0.2) is 0 Å². The molecule has 2 aromatic carbocycles. The van der Waals surface area contributed by atoms with Gasteiger partial charge in [0.1, 0.15) is 23.3 Å². The van der Waals surface area contributed by atoms with E-state index >= 15 is 0 Å². The Bertz CT molecular complexity index is 2080. The van der Waals surface area contributed by atoms with Crippen molar-refractivity contribution < 1.29 is 14.7 Å². The highest BCUT2D eigenvalue weighted by atomic mass is 16.3. The summed E-state index contributed by atoms with van der Waals surface area (Å²) in [7, 11) is 0. The Kier molecular flexibility index (Phi) is 9.04. The lowest BCUT2D eigenvalue weighted by Crippen LogP contribution is -2.68. The van der Waals surface area contributed by atoms with Crippen LogP contribution in [0.2, 0.25) is 0 Å². The Balaban J connectivity index is 0.866. The van der Waals surface area contributed by atoms with Gasteiger partial charge in [0.05, 0.1) is 16.8 Å². The summed E-state index contributed by atoms with van der Waals surface area (Å²) in [4.78, 5) is 37.0. The lowest BCUT2D eigenvalue weighted by atomic mass is 9.90. The minimum atomic E-state index is -0.446. The first kappa shape index (κ1) is 34.0. The second-order valence-corrected chi connectivity index (χ2v) is 15.1. The first-order valence-electron chi connectivity index (χ1n) is 18.6. The summed E-state index contributed by atoms with van der Waals surface area (Å²) in [5, 5.41) is 18.4. The number of nitrogens with two attached hydrogens (primary N) is 2. The fourth-order valence-electron chi connectivity index (χ4n) is 8.93. The molecule has 12 heteroatoms. The molecular weight excluding hydrogens is 655 g/mol. The van der Waals surface area contributed by atoms with Crippen molar-refractivity contribution in [2.24, 2.45) is 11.5 Å². The van der Waals surface area contributed by atoms with Crippen LogP contribution >= 0.6 is 0 Å². The lowest BCUT2D eigenvalue weighted by Gasteiger charge is -2.55. The Labute approximate surface area is 304 Å². The van der Waals surface area contributed by atoms with Crippen molar-refractivity contribution in [3.05, 3.63) is 89.5 Å². The van der Waals surface area contributed by atoms with Gasteiger partial charge in [-0.1, -0.05) is 18.2 Å². The normalized spacial score (nSPS) is 24.0. The number of allylic oxidation sites excluding steroid dienone is 1. The Morgan fingerprint density at radius 2 is 1.87 bits per heavy atom. The molecular formula is C40H49N9O3. The molecule has 272 valence electrons. The SMILES string of the molecule is CC12CNC(N)=C(/C=C(\N)c3ccccc3O)N1CCN(C1CCN(CCCc3ccc4c(c3)c3cccnc3n4C3CCC(=O)NC3=O)CC1)C2. The summed E-state index contributed by atoms with van der Waals surface area (Å²) in [6, 6.07) is 17.8. The van der Waals surface area contributed by atoms with Crippen molar-refractivity contribution in [1.82, 2.24) is 34.9 Å². The van der Waals surface area contributed by atoms with Gasteiger partial charge in [-0.2, -0.15) is 0 Å². The molecule has 0 saturated carbocycles. The molecule has 2 amide bonds. The number of para-hydroxylation sites is 1. The average molecular weight is 704 g/mol. The molecule has 4 aliphatic rings. The second-order valence-electron chi connectivity index (χ2n) is 15.1. The van der Waals surface area contributed by atoms with Crippen LogP contribution in [0.3, 0.4) is 0 Å². The molecule has 2 unspecified atom stereocenters. The maximum Gasteiger partial charge on any atom is 0.249 e. The number of nitrogens with one attached hydrogen (secondary N) is 2. The molecule has 2 aromatic heterocycles. The quantitative estimate of drug-likeness (QED) is 0.172. The van der Waals surface area contributed by atoms with E-state index in [0.717, 1.165) is 99.1 Å². The third-order valence-electron chi connectivity index (χ3n) is 11.7. The number of likely N-dealkylation sites (tertiary alicyclic amines) is 1. The number of amides is 2. The van der Waals surface area contributed by atoms with E-state index < -0.39 is 6.04 Å². The standard InChI is InChI=1S/C40H49N9O3/c1-40-24-44-37(42)34(23-31(41)29-7-2-3-9-35(29)50)48(40)21-20-47(25-40)27-14-18-46(19-15-27)17-5-6-26-10-11-32-30(22-26)28-8-4-16-43-38(28)49(32)33-12-13-36(51)45-39(33)52/h2-4,7-11,16,22-23,27,33,44,50H,5-6,12-15,17-21,24-25,41-42H2,1H3,(H,45,51,52)/b31-23-. The van der Waals surface area contributed by atoms with E-state index in [2.05, 4.69) is 61.5 Å². The number of fused-ring (bicyclic) bond motifs is 4. The molecule has 7 N–H and O–H groups in total. The summed E-state index contributed by atoms with van der Waals surface area (Å²) in [5.41, 5.74) is 17.9. The molecule has 3 saturated heterocycles. The van der Waals surface area contributed by atoms with Crippen molar-refractivity contribution in [3.63, 3.8) is 0 Å². The van der Waals surface area contributed by atoms with Gasteiger partial charge in [0.2, 0.25) is 11.8 Å². The minimum Gasteiger partial charge on any atom is -0.507 e. The number of aromatic nitrogens is 2. The molecule has 12 nitrogen and oxygen atoms in total. The zero-order chi connectivity index (χ0) is 36.0. The third kappa shape index (κ3) is 6.34. The molecule has 0 aliphatic carbocycles. The van der Waals surface area contributed by atoms with Crippen LogP contribution in [0.4, 0.5) is 0 Å². The predicted molar refractivity (Wildman–Crippen MR) is 203 cm³/mol. The van der Waals surface area contributed by atoms with E-state index in [9.17, 15) is 14.7 Å². The van der Waals surface area contributed by atoms with Crippen molar-refractivity contribution in [3.8, 4) is 5.75 Å². The zero-order valence-corrected chi connectivity index (χ0v) is 29.9. The average Bonchev–Trinajstić information content (AvgIpc) is 3.46. The summed E-state index contributed by atoms with van der Waals surface area (Å²) in [6.45, 7) is 9.12. The number of benzene rings is 2. The van der Waals surface area contributed by atoms with E-state index in [0.29, 0.717) is 36.0 Å². The van der Waals surface area contributed by atoms with Gasteiger partial charge in [-0.3, -0.25) is 19.8 Å². The summed E-state index contributed by atoms with van der Waals surface area (Å²) < 4.78 is 2.02. The molecule has 8 rings (SSSR count). The number of nitrogens with zero attached hydrogens (tertiary/aromatic N) is 5. The molecule has 6 heterocycles. The van der Waals surface area contributed by atoms with Crippen LogP contribution in [0, 0.1) is 0 Å². The first-order valence-corrected chi connectivity index (χ1v) is 18.6. The van der Waals surface area contributed by atoms with Crippen LogP contribution in [0.5, 0.6) is 5.75 Å². The van der Waals surface area contributed by atoms with Crippen LogP contribution in [-0.2, 0) is 16.0 Å². The fourth-order valence-corrected chi connectivity index (χ4v) is 8.93. The van der Waals surface area contributed by atoms with Gasteiger partial charge in [-0.25, -0.2) is 4.98 Å². The number of hydrogen-bond donors (Lipinski definition) is 5. The number of imide groups is 1. The van der Waals surface area contributed by atoms with Crippen molar-refractivity contribution >= 4 is 39.4 Å². The van der Waals surface area contributed by atoms with Crippen LogP contribution < -0.4 is 22.1 Å². The van der Waals surface area contributed by atoms with Gasteiger partial charge < -0.3 is 36.3 Å². The number of piperidine rings is 2. The highest BCUT2D eigenvalue weighted by molar-refractivity contribution is 6.09. The molecule has 0 spiro atoms. The number of aryl methyl sites for hydroxylation is 1. The molecule has 0 radical (unpaired) electrons. The lowest BCUT2D eigenvalue weighted by molar-refractivity contribution is -0.135. The molecule has 52 heavy (non-hydrogen) atoms. The van der Waals surface area contributed by atoms with E-state index in [1.54, 1.807) is 18.3 Å². The van der Waals surface area contributed by atoms with E-state index in [1.165, 1.54) is 5.56 Å². The molecule has 4 aromatic rings. The maximum atomic E-state index is 12.8. The summed E-state index contributed by atoms with van der Waals surface area (Å²) in [5.74, 6) is 0.308. The van der Waals surface area contributed by atoms with Crippen LogP contribution in [0.25, 0.3) is 27.6 Å². The predicted octanol–water partition coefficient (Wildman–Crippen LogP) is 3.38. The smallest absolute Gasteiger partial charge is 0.249 e. The van der Waals surface area contributed by atoms with E-state index in [-0.39, 0.29) is 23.1 Å². The minimum absolute atomic E-state index is 0.131. The molecule has 4 aliphatic heterocycles. The zero-order valence-electron chi connectivity index (χ0n) is 29.9. The van der Waals surface area contributed by atoms with Gasteiger partial charge in [0, 0.05) is 66.9 Å². The largest absolute Gasteiger partial charge is 0.507 e. The van der Waals surface area contributed by atoms with E-state index in [1.807, 2.05) is 28.8 Å². The van der Waals surface area contributed by atoms with Crippen molar-refractivity contribution in [2.75, 3.05) is 45.8 Å². The van der Waals surface area contributed by atoms with Crippen molar-refractivity contribution in [1.29, 1.82) is 0 Å². The number of phenols is 1. The number of carbonyl (C=O) groups is 2. The highest BCUT2D eigenvalue weighted by Crippen LogP contribution is 2.36.